The maximum Gasteiger partial charge on any atom is 0.416 e. The summed E-state index contributed by atoms with van der Waals surface area (Å²) in [5, 5.41) is 1.29. The number of benzene rings is 1. The fraction of sp³-hybridized carbons (Fsp3) is 0.318. The number of halogens is 3. The third-order valence-corrected chi connectivity index (χ3v) is 6.15. The summed E-state index contributed by atoms with van der Waals surface area (Å²) in [5.41, 5.74) is 2.32. The molecule has 1 aromatic heterocycles. The van der Waals surface area contributed by atoms with E-state index >= 15 is 0 Å². The van der Waals surface area contributed by atoms with Gasteiger partial charge in [-0.2, -0.15) is 13.2 Å². The van der Waals surface area contributed by atoms with Gasteiger partial charge in [0.2, 0.25) is 0 Å². The molecule has 6 heteroatoms. The lowest BCUT2D eigenvalue weighted by atomic mass is 9.93. The monoisotopic (exact) mass is 405 g/mol. The molecule has 0 fully saturated rings. The van der Waals surface area contributed by atoms with Crippen molar-refractivity contribution in [3.8, 4) is 0 Å². The minimum Gasteiger partial charge on any atom is -0.369 e. The van der Waals surface area contributed by atoms with E-state index in [0.29, 0.717) is 0 Å². The molecule has 1 aliphatic rings. The Labute approximate surface area is 167 Å². The van der Waals surface area contributed by atoms with Crippen LogP contribution in [-0.4, -0.2) is 19.9 Å². The van der Waals surface area contributed by atoms with Gasteiger partial charge in [-0.05, 0) is 61.1 Å². The van der Waals surface area contributed by atoms with Crippen LogP contribution in [0.5, 0.6) is 0 Å². The van der Waals surface area contributed by atoms with Gasteiger partial charge in [0, 0.05) is 24.5 Å². The molecule has 1 aromatic carbocycles. The molecule has 0 N–H and O–H groups in total. The number of hydrogen-bond acceptors (Lipinski definition) is 3. The standard InChI is InChI=1S/C22H22F3NOS/c1-26(2)21-18-8-4-3-7-17(18)20(28-21)10-6-5-9-19(27)15-11-13-16(14-12-15)22(23,24)25/h5-6,9-14H,3-4,7-8H2,1-2H3/b9-5+,10-6+. The van der Waals surface area contributed by atoms with Crippen LogP contribution in [0.3, 0.4) is 0 Å². The Morgan fingerprint density at radius 2 is 1.68 bits per heavy atom. The molecule has 0 saturated carbocycles. The summed E-state index contributed by atoms with van der Waals surface area (Å²) in [5.74, 6) is -0.319. The van der Waals surface area contributed by atoms with Gasteiger partial charge in [-0.25, -0.2) is 0 Å². The molecule has 0 spiro atoms. The third kappa shape index (κ3) is 4.55. The molecule has 0 radical (unpaired) electrons. The number of hydrogen-bond donors (Lipinski definition) is 0. The number of anilines is 1. The topological polar surface area (TPSA) is 20.3 Å². The predicted octanol–water partition coefficient (Wildman–Crippen LogP) is 6.16. The molecule has 148 valence electrons. The highest BCUT2D eigenvalue weighted by Gasteiger charge is 2.30. The lowest BCUT2D eigenvalue weighted by molar-refractivity contribution is -0.137. The van der Waals surface area contributed by atoms with Gasteiger partial charge in [-0.1, -0.05) is 24.3 Å². The summed E-state index contributed by atoms with van der Waals surface area (Å²) < 4.78 is 37.8. The van der Waals surface area contributed by atoms with Crippen LogP contribution < -0.4 is 4.90 Å². The second-order valence-corrected chi connectivity index (χ2v) is 8.02. The van der Waals surface area contributed by atoms with E-state index in [1.165, 1.54) is 52.1 Å². The van der Waals surface area contributed by atoms with Gasteiger partial charge in [0.25, 0.3) is 0 Å². The number of carbonyl (C=O) groups excluding carboxylic acids is 1. The van der Waals surface area contributed by atoms with Crippen LogP contribution in [0.15, 0.2) is 42.5 Å². The Hall–Kier alpha value is -2.34. The summed E-state index contributed by atoms with van der Waals surface area (Å²) in [6.07, 6.45) is 7.06. The van der Waals surface area contributed by atoms with Crippen LogP contribution in [0.2, 0.25) is 0 Å². The number of nitrogens with zero attached hydrogens (tertiary/aromatic N) is 1. The molecule has 0 atom stereocenters. The first-order chi connectivity index (χ1) is 13.3. The number of ketones is 1. The van der Waals surface area contributed by atoms with Crippen molar-refractivity contribution < 1.29 is 18.0 Å². The highest BCUT2D eigenvalue weighted by molar-refractivity contribution is 7.17. The van der Waals surface area contributed by atoms with Crippen molar-refractivity contribution >= 4 is 28.2 Å². The molecule has 2 aromatic rings. The van der Waals surface area contributed by atoms with E-state index in [9.17, 15) is 18.0 Å². The summed E-state index contributed by atoms with van der Waals surface area (Å²) in [4.78, 5) is 15.5. The van der Waals surface area contributed by atoms with E-state index < -0.39 is 11.7 Å². The Bertz CT molecular complexity index is 905. The number of allylic oxidation sites excluding steroid dienone is 3. The second kappa shape index (κ2) is 8.35. The van der Waals surface area contributed by atoms with Crippen molar-refractivity contribution in [2.75, 3.05) is 19.0 Å². The van der Waals surface area contributed by atoms with Crippen molar-refractivity contribution in [3.63, 3.8) is 0 Å². The Morgan fingerprint density at radius 3 is 2.29 bits per heavy atom. The van der Waals surface area contributed by atoms with Crippen molar-refractivity contribution in [1.82, 2.24) is 0 Å². The zero-order valence-electron chi connectivity index (χ0n) is 15.8. The van der Waals surface area contributed by atoms with E-state index in [1.54, 1.807) is 17.4 Å². The highest BCUT2D eigenvalue weighted by atomic mass is 32.1. The first kappa shape index (κ1) is 20.4. The average Bonchev–Trinajstić information content (AvgIpc) is 3.03. The summed E-state index contributed by atoms with van der Waals surface area (Å²) in [6.45, 7) is 0. The molecule has 0 saturated heterocycles. The van der Waals surface area contributed by atoms with E-state index in [1.807, 2.05) is 12.2 Å². The number of fused-ring (bicyclic) bond motifs is 1. The molecule has 0 aliphatic heterocycles. The number of carbonyl (C=O) groups is 1. The molecule has 3 rings (SSSR count). The smallest absolute Gasteiger partial charge is 0.369 e. The molecule has 0 unspecified atom stereocenters. The molecular formula is C22H22F3NOS. The van der Waals surface area contributed by atoms with Gasteiger partial charge in [-0.3, -0.25) is 4.79 Å². The van der Waals surface area contributed by atoms with Gasteiger partial charge in [0.15, 0.2) is 5.78 Å². The first-order valence-corrected chi connectivity index (χ1v) is 9.97. The SMILES string of the molecule is CN(C)c1sc(/C=C/C=C/C(=O)c2ccc(C(F)(F)F)cc2)c2c1CCCC2. The van der Waals surface area contributed by atoms with Gasteiger partial charge in [-0.15, -0.1) is 11.3 Å². The lowest BCUT2D eigenvalue weighted by Crippen LogP contribution is -2.11. The molecule has 0 bridgehead atoms. The Kier molecular flexibility index (Phi) is 6.08. The molecule has 28 heavy (non-hydrogen) atoms. The summed E-state index contributed by atoms with van der Waals surface area (Å²) >= 11 is 1.76. The predicted molar refractivity (Wildman–Crippen MR) is 109 cm³/mol. The minimum absolute atomic E-state index is 0.237. The zero-order chi connectivity index (χ0) is 20.3. The summed E-state index contributed by atoms with van der Waals surface area (Å²) in [7, 11) is 4.10. The first-order valence-electron chi connectivity index (χ1n) is 9.15. The van der Waals surface area contributed by atoms with Gasteiger partial charge in [0.05, 0.1) is 10.6 Å². The second-order valence-electron chi connectivity index (χ2n) is 6.99. The molecule has 2 nitrogen and oxygen atoms in total. The Morgan fingerprint density at radius 1 is 1.04 bits per heavy atom. The normalized spacial score (nSPS) is 14.6. The number of alkyl halides is 3. The van der Waals surface area contributed by atoms with Crippen LogP contribution in [0, 0.1) is 0 Å². The maximum atomic E-state index is 12.6. The van der Waals surface area contributed by atoms with Gasteiger partial charge < -0.3 is 4.90 Å². The minimum atomic E-state index is -4.40. The third-order valence-electron chi connectivity index (χ3n) is 4.74. The van der Waals surface area contributed by atoms with Crippen LogP contribution >= 0.6 is 11.3 Å². The van der Waals surface area contributed by atoms with Crippen LogP contribution in [0.1, 0.15) is 44.8 Å². The molecule has 0 amide bonds. The van der Waals surface area contributed by atoms with E-state index in [-0.39, 0.29) is 11.3 Å². The van der Waals surface area contributed by atoms with E-state index in [0.717, 1.165) is 25.0 Å². The van der Waals surface area contributed by atoms with Crippen LogP contribution in [0.4, 0.5) is 18.2 Å². The average molecular weight is 405 g/mol. The molecule has 1 aliphatic carbocycles. The number of thiophene rings is 1. The van der Waals surface area contributed by atoms with Crippen molar-refractivity contribution in [2.45, 2.75) is 31.9 Å². The maximum absolute atomic E-state index is 12.6. The highest BCUT2D eigenvalue weighted by Crippen LogP contribution is 2.40. The number of rotatable bonds is 5. The van der Waals surface area contributed by atoms with Crippen molar-refractivity contribution in [3.05, 3.63) is 69.6 Å². The van der Waals surface area contributed by atoms with Crippen LogP contribution in [-0.2, 0) is 19.0 Å². The van der Waals surface area contributed by atoms with Crippen molar-refractivity contribution in [2.24, 2.45) is 0 Å². The van der Waals surface area contributed by atoms with Gasteiger partial charge >= 0.3 is 6.18 Å². The fourth-order valence-corrected chi connectivity index (χ4v) is 4.58. The largest absolute Gasteiger partial charge is 0.416 e. The van der Waals surface area contributed by atoms with E-state index in [2.05, 4.69) is 19.0 Å². The van der Waals surface area contributed by atoms with Gasteiger partial charge in [0.1, 0.15) is 0 Å². The summed E-state index contributed by atoms with van der Waals surface area (Å²) in [6, 6.07) is 4.27. The lowest BCUT2D eigenvalue weighted by Gasteiger charge is -2.17. The molecular weight excluding hydrogens is 383 g/mol. The molecule has 1 heterocycles. The zero-order valence-corrected chi connectivity index (χ0v) is 16.7. The Balaban J connectivity index is 1.71. The van der Waals surface area contributed by atoms with Crippen molar-refractivity contribution in [1.29, 1.82) is 0 Å². The van der Waals surface area contributed by atoms with Crippen LogP contribution in [0.25, 0.3) is 6.08 Å². The van der Waals surface area contributed by atoms with E-state index in [4.69, 9.17) is 0 Å². The quantitative estimate of drug-likeness (QED) is 0.337. The fourth-order valence-electron chi connectivity index (χ4n) is 3.34.